The van der Waals surface area contributed by atoms with Gasteiger partial charge in [-0.25, -0.2) is 4.79 Å². The van der Waals surface area contributed by atoms with Crippen LogP contribution in [0.3, 0.4) is 0 Å². The Morgan fingerprint density at radius 2 is 1.86 bits per heavy atom. The van der Waals surface area contributed by atoms with E-state index in [1.807, 2.05) is 11.6 Å². The molecule has 1 N–H and O–H groups in total. The summed E-state index contributed by atoms with van der Waals surface area (Å²) in [5.74, 6) is 0.382. The van der Waals surface area contributed by atoms with Gasteiger partial charge in [-0.3, -0.25) is 4.79 Å². The van der Waals surface area contributed by atoms with Crippen LogP contribution in [0.4, 0.5) is 5.00 Å². The minimum absolute atomic E-state index is 0.0851. The smallest absolute Gasteiger partial charge is 0.341 e. The summed E-state index contributed by atoms with van der Waals surface area (Å²) >= 11 is 2.82. The van der Waals surface area contributed by atoms with Crippen LogP contribution in [-0.2, 0) is 34.8 Å². The molecular formula is C26H32N4O3S2. The number of ether oxygens (including phenoxy) is 1. The molecule has 35 heavy (non-hydrogen) atoms. The monoisotopic (exact) mass is 512 g/mol. The Balaban J connectivity index is 1.44. The molecule has 0 unspecified atom stereocenters. The summed E-state index contributed by atoms with van der Waals surface area (Å²) in [6.07, 6.45) is 3.94. The average Bonchev–Trinajstić information content (AvgIpc) is 3.37. The molecule has 2 heterocycles. The number of esters is 1. The van der Waals surface area contributed by atoms with Gasteiger partial charge in [-0.05, 0) is 49.1 Å². The fourth-order valence-electron chi connectivity index (χ4n) is 4.18. The molecule has 1 aromatic carbocycles. The summed E-state index contributed by atoms with van der Waals surface area (Å²) in [7, 11) is 1.90. The van der Waals surface area contributed by atoms with Crippen LogP contribution in [0.1, 0.15) is 66.9 Å². The number of carbonyl (C=O) groups is 2. The van der Waals surface area contributed by atoms with E-state index in [1.165, 1.54) is 33.5 Å². The maximum Gasteiger partial charge on any atom is 0.341 e. The normalized spacial score (nSPS) is 13.4. The third-order valence-corrected chi connectivity index (χ3v) is 8.31. The quantitative estimate of drug-likeness (QED) is 0.326. The van der Waals surface area contributed by atoms with Crippen molar-refractivity contribution in [2.24, 2.45) is 7.05 Å². The maximum atomic E-state index is 12.8. The minimum atomic E-state index is -0.356. The van der Waals surface area contributed by atoms with Crippen molar-refractivity contribution in [3.8, 4) is 11.4 Å². The van der Waals surface area contributed by atoms with Gasteiger partial charge < -0.3 is 14.6 Å². The highest BCUT2D eigenvalue weighted by atomic mass is 32.2. The molecule has 0 aliphatic heterocycles. The largest absolute Gasteiger partial charge is 0.462 e. The van der Waals surface area contributed by atoms with E-state index in [1.54, 1.807) is 6.92 Å². The predicted molar refractivity (Wildman–Crippen MR) is 141 cm³/mol. The Kier molecular flexibility index (Phi) is 7.66. The number of aryl methyl sites for hydroxylation is 1. The molecule has 0 saturated carbocycles. The summed E-state index contributed by atoms with van der Waals surface area (Å²) in [6.45, 7) is 8.65. The second kappa shape index (κ2) is 10.5. The number of carbonyl (C=O) groups excluding carboxylic acids is 2. The zero-order chi connectivity index (χ0) is 25.2. The summed E-state index contributed by atoms with van der Waals surface area (Å²) < 4.78 is 7.18. The van der Waals surface area contributed by atoms with Crippen LogP contribution in [0.5, 0.6) is 0 Å². The second-order valence-corrected chi connectivity index (χ2v) is 11.7. The van der Waals surface area contributed by atoms with E-state index in [0.29, 0.717) is 22.3 Å². The zero-order valence-electron chi connectivity index (χ0n) is 20.9. The fourth-order valence-corrected chi connectivity index (χ4v) is 6.18. The highest BCUT2D eigenvalue weighted by Crippen LogP contribution is 2.38. The van der Waals surface area contributed by atoms with Gasteiger partial charge in [0.1, 0.15) is 5.00 Å². The molecule has 0 spiro atoms. The van der Waals surface area contributed by atoms with Crippen LogP contribution in [0, 0.1) is 0 Å². The van der Waals surface area contributed by atoms with Crippen LogP contribution in [-0.4, -0.2) is 39.0 Å². The topological polar surface area (TPSA) is 86.1 Å². The third-order valence-electron chi connectivity index (χ3n) is 6.08. The van der Waals surface area contributed by atoms with Gasteiger partial charge in [0, 0.05) is 17.5 Å². The summed E-state index contributed by atoms with van der Waals surface area (Å²) in [5, 5.41) is 12.8. The first-order valence-corrected chi connectivity index (χ1v) is 13.7. The number of thioether (sulfide) groups is 1. The molecule has 0 radical (unpaired) electrons. The Morgan fingerprint density at radius 3 is 2.54 bits per heavy atom. The lowest BCUT2D eigenvalue weighted by atomic mass is 9.87. The molecular weight excluding hydrogens is 480 g/mol. The number of hydrogen-bond donors (Lipinski definition) is 1. The minimum Gasteiger partial charge on any atom is -0.462 e. The predicted octanol–water partition coefficient (Wildman–Crippen LogP) is 5.63. The van der Waals surface area contributed by atoms with Gasteiger partial charge in [-0.2, -0.15) is 0 Å². The highest BCUT2D eigenvalue weighted by Gasteiger charge is 2.27. The molecule has 0 atom stereocenters. The van der Waals surface area contributed by atoms with Crippen molar-refractivity contribution in [2.75, 3.05) is 17.7 Å². The van der Waals surface area contributed by atoms with E-state index in [-0.39, 0.29) is 23.0 Å². The first kappa shape index (κ1) is 25.4. The van der Waals surface area contributed by atoms with E-state index in [4.69, 9.17) is 4.74 Å². The molecule has 1 aliphatic rings. The van der Waals surface area contributed by atoms with Gasteiger partial charge in [0.05, 0.1) is 17.9 Å². The van der Waals surface area contributed by atoms with Crippen LogP contribution in [0.25, 0.3) is 11.4 Å². The van der Waals surface area contributed by atoms with Crippen molar-refractivity contribution < 1.29 is 14.3 Å². The number of aromatic nitrogens is 3. The van der Waals surface area contributed by atoms with Crippen LogP contribution < -0.4 is 5.32 Å². The van der Waals surface area contributed by atoms with Gasteiger partial charge in [0.15, 0.2) is 11.0 Å². The first-order chi connectivity index (χ1) is 16.7. The number of anilines is 1. The highest BCUT2D eigenvalue weighted by molar-refractivity contribution is 7.99. The Labute approximate surface area is 214 Å². The molecule has 0 bridgehead atoms. The van der Waals surface area contributed by atoms with Gasteiger partial charge in [-0.15, -0.1) is 21.5 Å². The van der Waals surface area contributed by atoms with Crippen molar-refractivity contribution in [1.29, 1.82) is 0 Å². The van der Waals surface area contributed by atoms with Crippen molar-refractivity contribution in [2.45, 2.75) is 63.9 Å². The Bertz CT molecular complexity index is 1220. The number of nitrogens with zero attached hydrogens (tertiary/aromatic N) is 3. The Morgan fingerprint density at radius 1 is 1.14 bits per heavy atom. The molecule has 1 amide bonds. The zero-order valence-corrected chi connectivity index (χ0v) is 22.6. The van der Waals surface area contributed by atoms with Crippen molar-refractivity contribution in [3.05, 3.63) is 45.8 Å². The summed E-state index contributed by atoms with van der Waals surface area (Å²) in [5.41, 5.74) is 3.89. The number of nitrogens with one attached hydrogen (secondary N) is 1. The molecule has 2 aromatic heterocycles. The SMILES string of the molecule is CCOC(=O)c1c(NC(=O)CSc2nnc(-c3ccc(C(C)(C)C)cc3)n2C)sc2c1CCCC2. The van der Waals surface area contributed by atoms with E-state index < -0.39 is 0 Å². The number of fused-ring (bicyclic) bond motifs is 1. The van der Waals surface area contributed by atoms with E-state index >= 15 is 0 Å². The van der Waals surface area contributed by atoms with E-state index in [0.717, 1.165) is 42.6 Å². The van der Waals surface area contributed by atoms with E-state index in [9.17, 15) is 9.59 Å². The number of rotatable bonds is 7. The van der Waals surface area contributed by atoms with Crippen LogP contribution >= 0.6 is 23.1 Å². The third kappa shape index (κ3) is 5.62. The lowest BCUT2D eigenvalue weighted by Gasteiger charge is -2.19. The number of benzene rings is 1. The van der Waals surface area contributed by atoms with Gasteiger partial charge in [0.25, 0.3) is 0 Å². The van der Waals surface area contributed by atoms with Crippen molar-refractivity contribution >= 4 is 40.0 Å². The molecule has 4 rings (SSSR count). The van der Waals surface area contributed by atoms with Crippen LogP contribution in [0.2, 0.25) is 0 Å². The molecule has 0 saturated heterocycles. The lowest BCUT2D eigenvalue weighted by Crippen LogP contribution is -2.17. The molecule has 1 aliphatic carbocycles. The molecule has 186 valence electrons. The molecule has 7 nitrogen and oxygen atoms in total. The van der Waals surface area contributed by atoms with E-state index in [2.05, 4.69) is 60.6 Å². The summed E-state index contributed by atoms with van der Waals surface area (Å²) in [6, 6.07) is 8.35. The maximum absolute atomic E-state index is 12.8. The summed E-state index contributed by atoms with van der Waals surface area (Å²) in [4.78, 5) is 26.6. The van der Waals surface area contributed by atoms with Gasteiger partial charge in [0.2, 0.25) is 5.91 Å². The van der Waals surface area contributed by atoms with Gasteiger partial charge >= 0.3 is 5.97 Å². The number of hydrogen-bond acceptors (Lipinski definition) is 7. The van der Waals surface area contributed by atoms with Crippen molar-refractivity contribution in [3.63, 3.8) is 0 Å². The second-order valence-electron chi connectivity index (χ2n) is 9.66. The molecule has 0 fully saturated rings. The molecule has 3 aromatic rings. The number of amides is 1. The lowest BCUT2D eigenvalue weighted by molar-refractivity contribution is -0.113. The van der Waals surface area contributed by atoms with Gasteiger partial charge in [-0.1, -0.05) is 56.8 Å². The fraction of sp³-hybridized carbons (Fsp3) is 0.462. The van der Waals surface area contributed by atoms with Crippen LogP contribution in [0.15, 0.2) is 29.4 Å². The Hall–Kier alpha value is -2.65. The van der Waals surface area contributed by atoms with Crippen molar-refractivity contribution in [1.82, 2.24) is 14.8 Å². The number of thiophene rings is 1. The standard InChI is InChI=1S/C26H32N4O3S2/c1-6-33-24(32)21-18-9-7-8-10-19(18)35-23(21)27-20(31)15-34-25-29-28-22(30(25)5)16-11-13-17(14-12-16)26(2,3)4/h11-14H,6-10,15H2,1-5H3,(H,27,31). The average molecular weight is 513 g/mol. The first-order valence-electron chi connectivity index (χ1n) is 11.9. The molecule has 9 heteroatoms.